The van der Waals surface area contributed by atoms with E-state index in [9.17, 15) is 13.6 Å². The van der Waals surface area contributed by atoms with Crippen LogP contribution in [0.3, 0.4) is 0 Å². The molecule has 2 aromatic rings. The van der Waals surface area contributed by atoms with Crippen LogP contribution in [-0.4, -0.2) is 25.7 Å². The molecule has 126 valence electrons. The van der Waals surface area contributed by atoms with Gasteiger partial charge in [0.2, 0.25) is 0 Å². The van der Waals surface area contributed by atoms with Gasteiger partial charge in [0.25, 0.3) is 5.91 Å². The van der Waals surface area contributed by atoms with Crippen molar-refractivity contribution in [3.8, 4) is 0 Å². The zero-order valence-electron chi connectivity index (χ0n) is 13.2. The molecule has 1 aliphatic heterocycles. The van der Waals surface area contributed by atoms with E-state index >= 15 is 0 Å². The molecule has 1 N–H and O–H groups in total. The molecule has 0 atom stereocenters. The van der Waals surface area contributed by atoms with Gasteiger partial charge >= 0.3 is 0 Å². The summed E-state index contributed by atoms with van der Waals surface area (Å²) in [5.41, 5.74) is 0.284. The standard InChI is InChI=1S/C19H19F2NO2/c20-15-7-4-8-16(21)17(15)18(23)22-13-19(9-11-24-12-10-19)14-5-2-1-3-6-14/h1-8H,9-13H2,(H,22,23). The van der Waals surface area contributed by atoms with E-state index in [0.29, 0.717) is 19.8 Å². The molecule has 3 nitrogen and oxygen atoms in total. The van der Waals surface area contributed by atoms with Crippen LogP contribution in [0.2, 0.25) is 0 Å². The molecule has 2 aromatic carbocycles. The van der Waals surface area contributed by atoms with Gasteiger partial charge in [0, 0.05) is 25.2 Å². The second-order valence-electron chi connectivity index (χ2n) is 6.04. The summed E-state index contributed by atoms with van der Waals surface area (Å²) >= 11 is 0. The van der Waals surface area contributed by atoms with E-state index < -0.39 is 23.1 Å². The molecular weight excluding hydrogens is 312 g/mol. The predicted octanol–water partition coefficient (Wildman–Crippen LogP) is 3.44. The summed E-state index contributed by atoms with van der Waals surface area (Å²) in [5, 5.41) is 2.72. The van der Waals surface area contributed by atoms with Crippen molar-refractivity contribution in [1.29, 1.82) is 0 Å². The molecule has 24 heavy (non-hydrogen) atoms. The summed E-state index contributed by atoms with van der Waals surface area (Å²) in [4.78, 5) is 12.3. The van der Waals surface area contributed by atoms with Gasteiger partial charge < -0.3 is 10.1 Å². The maximum Gasteiger partial charge on any atom is 0.257 e. The highest BCUT2D eigenvalue weighted by Gasteiger charge is 2.35. The molecule has 0 aromatic heterocycles. The summed E-state index contributed by atoms with van der Waals surface area (Å²) in [7, 11) is 0. The van der Waals surface area contributed by atoms with Crippen LogP contribution in [0.25, 0.3) is 0 Å². The zero-order chi connectivity index (χ0) is 17.0. The molecular formula is C19H19F2NO2. The SMILES string of the molecule is O=C(NCC1(c2ccccc2)CCOCC1)c1c(F)cccc1F. The highest BCUT2D eigenvalue weighted by atomic mass is 19.1. The molecule has 0 saturated carbocycles. The van der Waals surface area contributed by atoms with Crippen LogP contribution in [0.5, 0.6) is 0 Å². The second-order valence-corrected chi connectivity index (χ2v) is 6.04. The number of nitrogens with one attached hydrogen (secondary N) is 1. The van der Waals surface area contributed by atoms with E-state index in [4.69, 9.17) is 4.74 Å². The van der Waals surface area contributed by atoms with Crippen molar-refractivity contribution >= 4 is 5.91 Å². The third kappa shape index (κ3) is 3.31. The van der Waals surface area contributed by atoms with E-state index in [1.165, 1.54) is 6.07 Å². The molecule has 1 amide bonds. The fourth-order valence-corrected chi connectivity index (χ4v) is 3.17. The van der Waals surface area contributed by atoms with E-state index in [-0.39, 0.29) is 5.41 Å². The third-order valence-corrected chi connectivity index (χ3v) is 4.61. The molecule has 1 saturated heterocycles. The number of carbonyl (C=O) groups is 1. The molecule has 0 bridgehead atoms. The van der Waals surface area contributed by atoms with Crippen molar-refractivity contribution in [2.45, 2.75) is 18.3 Å². The smallest absolute Gasteiger partial charge is 0.257 e. The minimum Gasteiger partial charge on any atom is -0.381 e. The van der Waals surface area contributed by atoms with Crippen LogP contribution >= 0.6 is 0 Å². The lowest BCUT2D eigenvalue weighted by atomic mass is 9.74. The van der Waals surface area contributed by atoms with Crippen molar-refractivity contribution < 1.29 is 18.3 Å². The summed E-state index contributed by atoms with van der Waals surface area (Å²) in [6.45, 7) is 1.50. The van der Waals surface area contributed by atoms with Crippen molar-refractivity contribution in [1.82, 2.24) is 5.32 Å². The third-order valence-electron chi connectivity index (χ3n) is 4.61. The number of carbonyl (C=O) groups excluding carboxylic acids is 1. The van der Waals surface area contributed by atoms with Gasteiger partial charge in [0.1, 0.15) is 17.2 Å². The predicted molar refractivity (Wildman–Crippen MR) is 86.9 cm³/mol. The Morgan fingerprint density at radius 1 is 1.00 bits per heavy atom. The summed E-state index contributed by atoms with van der Waals surface area (Å²) in [6.07, 6.45) is 1.49. The number of hydrogen-bond donors (Lipinski definition) is 1. The first-order valence-electron chi connectivity index (χ1n) is 7.98. The Balaban J connectivity index is 1.81. The van der Waals surface area contributed by atoms with Crippen molar-refractivity contribution in [2.75, 3.05) is 19.8 Å². The number of amides is 1. The summed E-state index contributed by atoms with van der Waals surface area (Å²) in [6, 6.07) is 13.3. The summed E-state index contributed by atoms with van der Waals surface area (Å²) < 4.78 is 33.0. The zero-order valence-corrected chi connectivity index (χ0v) is 13.2. The van der Waals surface area contributed by atoms with E-state index in [2.05, 4.69) is 5.32 Å². The number of halogens is 2. The van der Waals surface area contributed by atoms with Crippen LogP contribution < -0.4 is 5.32 Å². The molecule has 5 heteroatoms. The number of ether oxygens (including phenoxy) is 1. The largest absolute Gasteiger partial charge is 0.381 e. The Kier molecular flexibility index (Phi) is 4.90. The van der Waals surface area contributed by atoms with E-state index in [1.807, 2.05) is 30.3 Å². The van der Waals surface area contributed by atoms with Gasteiger partial charge in [-0.2, -0.15) is 0 Å². The van der Waals surface area contributed by atoms with Crippen LogP contribution in [0.15, 0.2) is 48.5 Å². The normalized spacial score (nSPS) is 16.6. The first-order valence-corrected chi connectivity index (χ1v) is 7.98. The quantitative estimate of drug-likeness (QED) is 0.932. The number of rotatable bonds is 4. The first kappa shape index (κ1) is 16.6. The second kappa shape index (κ2) is 7.09. The maximum atomic E-state index is 13.8. The number of hydrogen-bond acceptors (Lipinski definition) is 2. The Morgan fingerprint density at radius 2 is 1.62 bits per heavy atom. The Hall–Kier alpha value is -2.27. The highest BCUT2D eigenvalue weighted by Crippen LogP contribution is 2.34. The lowest BCUT2D eigenvalue weighted by Crippen LogP contribution is -2.44. The monoisotopic (exact) mass is 331 g/mol. The van der Waals surface area contributed by atoms with Crippen LogP contribution in [-0.2, 0) is 10.2 Å². The van der Waals surface area contributed by atoms with Crippen LogP contribution in [0.4, 0.5) is 8.78 Å². The Morgan fingerprint density at radius 3 is 2.25 bits per heavy atom. The first-order chi connectivity index (χ1) is 11.6. The van der Waals surface area contributed by atoms with Crippen LogP contribution in [0.1, 0.15) is 28.8 Å². The topological polar surface area (TPSA) is 38.3 Å². The van der Waals surface area contributed by atoms with Crippen molar-refractivity contribution in [2.24, 2.45) is 0 Å². The lowest BCUT2D eigenvalue weighted by molar-refractivity contribution is 0.0486. The highest BCUT2D eigenvalue weighted by molar-refractivity contribution is 5.94. The Labute approximate surface area is 139 Å². The molecule has 0 radical (unpaired) electrons. The lowest BCUT2D eigenvalue weighted by Gasteiger charge is -2.38. The van der Waals surface area contributed by atoms with Gasteiger partial charge in [-0.25, -0.2) is 8.78 Å². The average Bonchev–Trinajstić information content (AvgIpc) is 2.61. The molecule has 0 unspecified atom stereocenters. The van der Waals surface area contributed by atoms with Gasteiger partial charge in [0.05, 0.1) is 0 Å². The van der Waals surface area contributed by atoms with E-state index in [1.54, 1.807) is 0 Å². The molecule has 1 heterocycles. The van der Waals surface area contributed by atoms with Gasteiger partial charge in [-0.3, -0.25) is 4.79 Å². The molecule has 1 fully saturated rings. The van der Waals surface area contributed by atoms with E-state index in [0.717, 1.165) is 30.5 Å². The van der Waals surface area contributed by atoms with Gasteiger partial charge in [-0.05, 0) is 30.5 Å². The van der Waals surface area contributed by atoms with Crippen molar-refractivity contribution in [3.63, 3.8) is 0 Å². The minimum absolute atomic E-state index is 0.281. The minimum atomic E-state index is -0.853. The summed E-state index contributed by atoms with van der Waals surface area (Å²) in [5.74, 6) is -2.44. The number of benzene rings is 2. The molecule has 1 aliphatic rings. The van der Waals surface area contributed by atoms with Gasteiger partial charge in [-0.15, -0.1) is 0 Å². The van der Waals surface area contributed by atoms with Gasteiger partial charge in [0.15, 0.2) is 0 Å². The fraction of sp³-hybridized carbons (Fsp3) is 0.316. The fourth-order valence-electron chi connectivity index (χ4n) is 3.17. The average molecular weight is 331 g/mol. The maximum absolute atomic E-state index is 13.8. The molecule has 0 spiro atoms. The molecule has 3 rings (SSSR count). The molecule has 0 aliphatic carbocycles. The van der Waals surface area contributed by atoms with Gasteiger partial charge in [-0.1, -0.05) is 36.4 Å². The van der Waals surface area contributed by atoms with Crippen LogP contribution in [0, 0.1) is 11.6 Å². The Bertz CT molecular complexity index is 692. The van der Waals surface area contributed by atoms with Crippen molar-refractivity contribution in [3.05, 3.63) is 71.3 Å².